The highest BCUT2D eigenvalue weighted by Crippen LogP contribution is 2.50. The Labute approximate surface area is 346 Å². The van der Waals surface area contributed by atoms with Crippen LogP contribution in [0.2, 0.25) is 0 Å². The molecule has 0 saturated heterocycles. The van der Waals surface area contributed by atoms with Crippen molar-refractivity contribution in [1.29, 1.82) is 0 Å². The highest BCUT2D eigenvalue weighted by atomic mass is 32.1. The standard InChI is InChI=1S/C54H32N2OS2/c1-3-14-34(15-4-1)55(43-22-13-21-40-38-19-9-12-25-49(38)59-54(40)43)36-27-29-41-44(31-36)56(35-16-5-2-6-17-35)45-32-47-53(42-20-7-10-23-46(42)57-47)51(52(41)45)33-26-28-39-37-18-8-11-24-48(37)58-50(39)30-33/h1-32H. The van der Waals surface area contributed by atoms with Crippen LogP contribution in [0, 0.1) is 0 Å². The van der Waals surface area contributed by atoms with Crippen LogP contribution in [-0.2, 0) is 0 Å². The number of hydrogen-bond acceptors (Lipinski definition) is 4. The normalized spacial score (nSPS) is 12.1. The summed E-state index contributed by atoms with van der Waals surface area (Å²) < 4.78 is 14.4. The maximum atomic E-state index is 6.77. The molecule has 0 bridgehead atoms. The van der Waals surface area contributed by atoms with Crippen molar-refractivity contribution in [3.63, 3.8) is 0 Å². The van der Waals surface area contributed by atoms with Crippen molar-refractivity contribution in [2.45, 2.75) is 0 Å². The summed E-state index contributed by atoms with van der Waals surface area (Å²) in [5, 5.41) is 9.84. The van der Waals surface area contributed by atoms with Gasteiger partial charge < -0.3 is 13.9 Å². The predicted octanol–water partition coefficient (Wildman–Crippen LogP) is 16.6. The van der Waals surface area contributed by atoms with Gasteiger partial charge in [0.2, 0.25) is 0 Å². The molecule has 0 N–H and O–H groups in total. The van der Waals surface area contributed by atoms with Gasteiger partial charge >= 0.3 is 0 Å². The molecule has 0 saturated carbocycles. The molecule has 4 aromatic heterocycles. The molecule has 0 spiro atoms. The minimum Gasteiger partial charge on any atom is -0.456 e. The molecule has 59 heavy (non-hydrogen) atoms. The SMILES string of the molecule is c1ccc(N(c2ccc3c4c(-c5ccc6c(c5)sc5ccccc56)c5c(cc4n(-c4ccccc4)c3c2)oc2ccccc25)c2cccc3c2sc2ccccc23)cc1. The second kappa shape index (κ2) is 12.7. The van der Waals surface area contributed by atoms with Crippen LogP contribution in [0.4, 0.5) is 17.1 Å². The van der Waals surface area contributed by atoms with Crippen molar-refractivity contribution in [3.8, 4) is 16.8 Å². The largest absolute Gasteiger partial charge is 0.456 e. The topological polar surface area (TPSA) is 21.3 Å². The number of aromatic nitrogens is 1. The molecular formula is C54H32N2OS2. The zero-order valence-electron chi connectivity index (χ0n) is 31.6. The Morgan fingerprint density at radius 2 is 1.07 bits per heavy atom. The number of rotatable bonds is 5. The van der Waals surface area contributed by atoms with E-state index in [-0.39, 0.29) is 0 Å². The Kier molecular flexibility index (Phi) is 7.05. The van der Waals surface area contributed by atoms with Crippen LogP contribution in [0.1, 0.15) is 0 Å². The first-order valence-corrected chi connectivity index (χ1v) is 21.6. The molecule has 0 aliphatic carbocycles. The Hall–Kier alpha value is -7.18. The molecular weight excluding hydrogens is 757 g/mol. The van der Waals surface area contributed by atoms with E-state index in [0.29, 0.717) is 0 Å². The van der Waals surface area contributed by atoms with Gasteiger partial charge in [-0.3, -0.25) is 0 Å². The quantitative estimate of drug-likeness (QED) is 0.173. The van der Waals surface area contributed by atoms with E-state index in [2.05, 4.69) is 204 Å². The number of hydrogen-bond donors (Lipinski definition) is 0. The van der Waals surface area contributed by atoms with Gasteiger partial charge in [0.05, 0.1) is 21.4 Å². The molecule has 5 heteroatoms. The van der Waals surface area contributed by atoms with E-state index < -0.39 is 0 Å². The second-order valence-corrected chi connectivity index (χ2v) is 17.4. The lowest BCUT2D eigenvalue weighted by molar-refractivity contribution is 0.669. The van der Waals surface area contributed by atoms with Gasteiger partial charge in [-0.15, -0.1) is 22.7 Å². The molecule has 0 amide bonds. The van der Waals surface area contributed by atoms with Crippen molar-refractivity contribution in [3.05, 3.63) is 194 Å². The van der Waals surface area contributed by atoms with Crippen molar-refractivity contribution in [2.75, 3.05) is 4.90 Å². The summed E-state index contributed by atoms with van der Waals surface area (Å²) in [4.78, 5) is 2.43. The first-order chi connectivity index (χ1) is 29.3. The van der Waals surface area contributed by atoms with Crippen LogP contribution < -0.4 is 4.90 Å². The second-order valence-electron chi connectivity index (χ2n) is 15.2. The summed E-state index contributed by atoms with van der Waals surface area (Å²) in [7, 11) is 0. The highest BCUT2D eigenvalue weighted by Gasteiger charge is 2.25. The number of para-hydroxylation sites is 3. The van der Waals surface area contributed by atoms with E-state index in [0.717, 1.165) is 55.7 Å². The summed E-state index contributed by atoms with van der Waals surface area (Å²) in [6, 6.07) is 70.6. The average molecular weight is 789 g/mol. The maximum absolute atomic E-state index is 6.77. The Morgan fingerprint density at radius 3 is 1.90 bits per heavy atom. The Bertz CT molecular complexity index is 3800. The van der Waals surface area contributed by atoms with Gasteiger partial charge in [-0.25, -0.2) is 0 Å². The van der Waals surface area contributed by atoms with E-state index >= 15 is 0 Å². The van der Waals surface area contributed by atoms with Gasteiger partial charge in [0, 0.05) is 85.9 Å². The van der Waals surface area contributed by atoms with Crippen LogP contribution in [0.25, 0.3) is 101 Å². The van der Waals surface area contributed by atoms with Crippen LogP contribution in [0.15, 0.2) is 199 Å². The van der Waals surface area contributed by atoms with Crippen molar-refractivity contribution in [1.82, 2.24) is 4.57 Å². The molecule has 0 radical (unpaired) electrons. The third kappa shape index (κ3) is 4.86. The van der Waals surface area contributed by atoms with E-state index in [1.807, 2.05) is 22.7 Å². The van der Waals surface area contributed by atoms with Crippen LogP contribution in [0.3, 0.4) is 0 Å². The van der Waals surface area contributed by atoms with Crippen molar-refractivity contribution >= 4 is 124 Å². The fourth-order valence-corrected chi connectivity index (χ4v) is 11.8. The van der Waals surface area contributed by atoms with Crippen LogP contribution in [-0.4, -0.2) is 4.57 Å². The van der Waals surface area contributed by atoms with E-state index in [1.165, 1.54) is 62.2 Å². The molecule has 276 valence electrons. The van der Waals surface area contributed by atoms with E-state index in [4.69, 9.17) is 4.42 Å². The van der Waals surface area contributed by atoms with E-state index in [9.17, 15) is 0 Å². The fourth-order valence-electron chi connectivity index (χ4n) is 9.45. The lowest BCUT2D eigenvalue weighted by atomic mass is 9.93. The minimum atomic E-state index is 0.882. The average Bonchev–Trinajstić information content (AvgIpc) is 4.05. The van der Waals surface area contributed by atoms with Gasteiger partial charge in [-0.05, 0) is 72.3 Å². The smallest absolute Gasteiger partial charge is 0.138 e. The van der Waals surface area contributed by atoms with Crippen LogP contribution in [0.5, 0.6) is 0 Å². The first-order valence-electron chi connectivity index (χ1n) is 19.9. The molecule has 0 fully saturated rings. The summed E-state index contributed by atoms with van der Waals surface area (Å²) in [6.45, 7) is 0. The van der Waals surface area contributed by atoms with Gasteiger partial charge in [-0.2, -0.15) is 0 Å². The summed E-state index contributed by atoms with van der Waals surface area (Å²) >= 11 is 3.72. The van der Waals surface area contributed by atoms with Crippen molar-refractivity contribution < 1.29 is 4.42 Å². The van der Waals surface area contributed by atoms with Gasteiger partial charge in [0.15, 0.2) is 0 Å². The molecule has 3 nitrogen and oxygen atoms in total. The zero-order chi connectivity index (χ0) is 38.6. The minimum absolute atomic E-state index is 0.882. The number of benzene rings is 9. The molecule has 0 aliphatic heterocycles. The summed E-state index contributed by atoms with van der Waals surface area (Å²) in [6.07, 6.45) is 0. The lowest BCUT2D eigenvalue weighted by Crippen LogP contribution is -2.10. The third-order valence-electron chi connectivity index (χ3n) is 12.0. The molecule has 0 atom stereocenters. The van der Waals surface area contributed by atoms with Crippen molar-refractivity contribution in [2.24, 2.45) is 0 Å². The number of furan rings is 1. The van der Waals surface area contributed by atoms with Crippen LogP contribution >= 0.6 is 22.7 Å². The van der Waals surface area contributed by atoms with E-state index in [1.54, 1.807) is 0 Å². The van der Waals surface area contributed by atoms with Gasteiger partial charge in [0.25, 0.3) is 0 Å². The molecule has 0 aliphatic rings. The first kappa shape index (κ1) is 32.9. The third-order valence-corrected chi connectivity index (χ3v) is 14.3. The van der Waals surface area contributed by atoms with Gasteiger partial charge in [-0.1, -0.05) is 121 Å². The molecule has 13 aromatic rings. The number of anilines is 3. The Balaban J connectivity index is 1.15. The Morgan fingerprint density at radius 1 is 0.407 bits per heavy atom. The predicted molar refractivity (Wildman–Crippen MR) is 254 cm³/mol. The molecule has 13 rings (SSSR count). The monoisotopic (exact) mass is 788 g/mol. The van der Waals surface area contributed by atoms with Gasteiger partial charge in [0.1, 0.15) is 11.2 Å². The number of thiophene rings is 2. The summed E-state index contributed by atoms with van der Waals surface area (Å²) in [5.74, 6) is 0. The highest BCUT2D eigenvalue weighted by molar-refractivity contribution is 7.26. The summed E-state index contributed by atoms with van der Waals surface area (Å²) in [5.41, 5.74) is 10.9. The molecule has 9 aromatic carbocycles. The number of nitrogens with zero attached hydrogens (tertiary/aromatic N) is 2. The number of fused-ring (bicyclic) bond motifs is 12. The zero-order valence-corrected chi connectivity index (χ0v) is 33.2. The molecule has 4 heterocycles. The lowest BCUT2D eigenvalue weighted by Gasteiger charge is -2.26. The maximum Gasteiger partial charge on any atom is 0.138 e. The fraction of sp³-hybridized carbons (Fsp3) is 0. The molecule has 0 unspecified atom stereocenters.